The van der Waals surface area contributed by atoms with E-state index in [1.807, 2.05) is 49.6 Å². The molecular formula is C29H33N3O4S2. The predicted molar refractivity (Wildman–Crippen MR) is 156 cm³/mol. The summed E-state index contributed by atoms with van der Waals surface area (Å²) >= 11 is 2.66. The quantitative estimate of drug-likeness (QED) is 0.165. The van der Waals surface area contributed by atoms with Gasteiger partial charge in [0.15, 0.2) is 16.7 Å². The standard InChI is InChI=1S/C29H33N3O4S2/c1-5-35-23-12-7-19(15-24(23)36-6-2)13-14-30-25(33)17-38-29-31-27(34)26-22(16-37-28(26)32-29)21-10-8-20(9-11-21)18(3)4/h7-12,15-16,18H,5-6,13-14,17H2,1-4H3,(H,30,33)(H,31,32,34). The molecule has 0 aliphatic carbocycles. The van der Waals surface area contributed by atoms with Crippen molar-refractivity contribution in [1.29, 1.82) is 0 Å². The number of aromatic amines is 1. The third-order valence-corrected chi connectivity index (χ3v) is 7.74. The number of hydrogen-bond donors (Lipinski definition) is 2. The van der Waals surface area contributed by atoms with Gasteiger partial charge in [-0.2, -0.15) is 0 Å². The van der Waals surface area contributed by atoms with Crippen molar-refractivity contribution in [1.82, 2.24) is 15.3 Å². The van der Waals surface area contributed by atoms with Crippen molar-refractivity contribution in [2.24, 2.45) is 0 Å². The maximum atomic E-state index is 12.9. The summed E-state index contributed by atoms with van der Waals surface area (Å²) < 4.78 is 11.3. The summed E-state index contributed by atoms with van der Waals surface area (Å²) in [6.07, 6.45) is 0.667. The molecule has 9 heteroatoms. The first-order valence-electron chi connectivity index (χ1n) is 12.8. The summed E-state index contributed by atoms with van der Waals surface area (Å²) in [5.74, 6) is 1.93. The highest BCUT2D eigenvalue weighted by atomic mass is 32.2. The SMILES string of the molecule is CCOc1ccc(CCNC(=O)CSc2nc3scc(-c4ccc(C(C)C)cc4)c3c(=O)[nH]2)cc1OCC. The number of carbonyl (C=O) groups excluding carboxylic acids is 1. The molecule has 7 nitrogen and oxygen atoms in total. The molecule has 2 aromatic heterocycles. The molecule has 0 aliphatic rings. The third-order valence-electron chi connectivity index (χ3n) is 5.99. The van der Waals surface area contributed by atoms with Gasteiger partial charge in [0.05, 0.1) is 24.4 Å². The molecule has 0 saturated heterocycles. The molecule has 4 aromatic rings. The monoisotopic (exact) mass is 551 g/mol. The van der Waals surface area contributed by atoms with Gasteiger partial charge in [0, 0.05) is 17.5 Å². The number of ether oxygens (including phenoxy) is 2. The normalized spacial score (nSPS) is 11.2. The Balaban J connectivity index is 1.34. The van der Waals surface area contributed by atoms with Gasteiger partial charge < -0.3 is 19.8 Å². The van der Waals surface area contributed by atoms with Crippen LogP contribution >= 0.6 is 23.1 Å². The second-order valence-electron chi connectivity index (χ2n) is 9.01. The van der Waals surface area contributed by atoms with Gasteiger partial charge in [-0.25, -0.2) is 4.98 Å². The fourth-order valence-corrected chi connectivity index (χ4v) is 5.74. The predicted octanol–water partition coefficient (Wildman–Crippen LogP) is 6.02. The van der Waals surface area contributed by atoms with Gasteiger partial charge in [-0.3, -0.25) is 9.59 Å². The minimum absolute atomic E-state index is 0.120. The number of thiophene rings is 1. The first-order chi connectivity index (χ1) is 18.4. The number of rotatable bonds is 12. The Morgan fingerprint density at radius 2 is 1.82 bits per heavy atom. The van der Waals surface area contributed by atoms with Crippen LogP contribution in [0.15, 0.2) is 57.8 Å². The summed E-state index contributed by atoms with van der Waals surface area (Å²) in [4.78, 5) is 33.5. The van der Waals surface area contributed by atoms with E-state index in [1.54, 1.807) is 0 Å². The first kappa shape index (κ1) is 27.7. The second kappa shape index (κ2) is 13.0. The number of hydrogen-bond acceptors (Lipinski definition) is 7. The number of H-pyrrole nitrogens is 1. The summed E-state index contributed by atoms with van der Waals surface area (Å²) in [7, 11) is 0. The highest BCUT2D eigenvalue weighted by molar-refractivity contribution is 7.99. The number of carbonyl (C=O) groups is 1. The number of amides is 1. The lowest BCUT2D eigenvalue weighted by atomic mass is 9.99. The van der Waals surface area contributed by atoms with E-state index < -0.39 is 0 Å². The molecule has 1 amide bonds. The first-order valence-corrected chi connectivity index (χ1v) is 14.7. The Morgan fingerprint density at radius 1 is 1.08 bits per heavy atom. The molecule has 0 atom stereocenters. The van der Waals surface area contributed by atoms with Crippen molar-refractivity contribution in [2.75, 3.05) is 25.5 Å². The van der Waals surface area contributed by atoms with Crippen LogP contribution in [0.1, 0.15) is 44.7 Å². The smallest absolute Gasteiger partial charge is 0.260 e. The van der Waals surface area contributed by atoms with Gasteiger partial charge in [0.25, 0.3) is 5.56 Å². The van der Waals surface area contributed by atoms with E-state index in [2.05, 4.69) is 41.3 Å². The van der Waals surface area contributed by atoms with Crippen LogP contribution in [-0.4, -0.2) is 41.4 Å². The van der Waals surface area contributed by atoms with Crippen molar-refractivity contribution in [3.63, 3.8) is 0 Å². The molecule has 2 heterocycles. The minimum Gasteiger partial charge on any atom is -0.490 e. The topological polar surface area (TPSA) is 93.3 Å². The van der Waals surface area contributed by atoms with Crippen molar-refractivity contribution in [2.45, 2.75) is 45.2 Å². The fraction of sp³-hybridized carbons (Fsp3) is 0.345. The van der Waals surface area contributed by atoms with Crippen LogP contribution in [0.3, 0.4) is 0 Å². The molecule has 2 aromatic carbocycles. The maximum Gasteiger partial charge on any atom is 0.260 e. The van der Waals surface area contributed by atoms with E-state index >= 15 is 0 Å². The molecule has 38 heavy (non-hydrogen) atoms. The van der Waals surface area contributed by atoms with Crippen LogP contribution < -0.4 is 20.3 Å². The Labute approximate surface area is 231 Å². The van der Waals surface area contributed by atoms with E-state index in [0.717, 1.165) is 22.4 Å². The average Bonchev–Trinajstić information content (AvgIpc) is 3.34. The molecular weight excluding hydrogens is 518 g/mol. The summed E-state index contributed by atoms with van der Waals surface area (Å²) in [5, 5.41) is 5.93. The minimum atomic E-state index is -0.192. The number of nitrogens with one attached hydrogen (secondary N) is 2. The van der Waals surface area contributed by atoms with Gasteiger partial charge in [-0.05, 0) is 55.0 Å². The summed E-state index contributed by atoms with van der Waals surface area (Å²) in [6, 6.07) is 14.1. The van der Waals surface area contributed by atoms with Crippen LogP contribution in [0.4, 0.5) is 0 Å². The van der Waals surface area contributed by atoms with Crippen LogP contribution in [-0.2, 0) is 11.2 Å². The zero-order valence-electron chi connectivity index (χ0n) is 22.1. The average molecular weight is 552 g/mol. The molecule has 0 spiro atoms. The molecule has 0 fully saturated rings. The number of aromatic nitrogens is 2. The molecule has 0 saturated carbocycles. The van der Waals surface area contributed by atoms with Gasteiger partial charge in [0.1, 0.15) is 4.83 Å². The van der Waals surface area contributed by atoms with Gasteiger partial charge in [-0.15, -0.1) is 11.3 Å². The number of benzene rings is 2. The molecule has 0 aliphatic heterocycles. The van der Waals surface area contributed by atoms with Gasteiger partial charge >= 0.3 is 0 Å². The summed E-state index contributed by atoms with van der Waals surface area (Å²) in [6.45, 7) is 9.80. The Morgan fingerprint density at radius 3 is 2.53 bits per heavy atom. The van der Waals surface area contributed by atoms with Crippen molar-refractivity contribution in [3.05, 3.63) is 69.3 Å². The van der Waals surface area contributed by atoms with E-state index in [-0.39, 0.29) is 17.2 Å². The van der Waals surface area contributed by atoms with Gasteiger partial charge in [-0.1, -0.05) is 55.9 Å². The number of thioether (sulfide) groups is 1. The Hall–Kier alpha value is -3.30. The van der Waals surface area contributed by atoms with Crippen molar-refractivity contribution < 1.29 is 14.3 Å². The van der Waals surface area contributed by atoms with Crippen LogP contribution in [0.2, 0.25) is 0 Å². The molecule has 0 unspecified atom stereocenters. The maximum absolute atomic E-state index is 12.9. The molecule has 200 valence electrons. The van der Waals surface area contributed by atoms with E-state index in [9.17, 15) is 9.59 Å². The fourth-order valence-electron chi connectivity index (χ4n) is 4.04. The molecule has 0 bridgehead atoms. The molecule has 0 radical (unpaired) electrons. The molecule has 2 N–H and O–H groups in total. The van der Waals surface area contributed by atoms with E-state index in [4.69, 9.17) is 9.47 Å². The largest absolute Gasteiger partial charge is 0.490 e. The van der Waals surface area contributed by atoms with Gasteiger partial charge in [0.2, 0.25) is 5.91 Å². The zero-order chi connectivity index (χ0) is 27.1. The Bertz CT molecular complexity index is 1440. The number of nitrogens with zero attached hydrogens (tertiary/aromatic N) is 1. The van der Waals surface area contributed by atoms with Crippen molar-refractivity contribution in [3.8, 4) is 22.6 Å². The zero-order valence-corrected chi connectivity index (χ0v) is 23.8. The van der Waals surface area contributed by atoms with Crippen molar-refractivity contribution >= 4 is 39.2 Å². The third kappa shape index (κ3) is 6.76. The highest BCUT2D eigenvalue weighted by Crippen LogP contribution is 2.32. The molecule has 4 rings (SSSR count). The summed E-state index contributed by atoms with van der Waals surface area (Å²) in [5.41, 5.74) is 3.99. The second-order valence-corrected chi connectivity index (χ2v) is 10.8. The van der Waals surface area contributed by atoms with E-state index in [1.165, 1.54) is 28.7 Å². The van der Waals surface area contributed by atoms with E-state index in [0.29, 0.717) is 53.2 Å². The Kier molecular flexibility index (Phi) is 9.47. The van der Waals surface area contributed by atoms with Crippen LogP contribution in [0, 0.1) is 0 Å². The lowest BCUT2D eigenvalue weighted by Crippen LogP contribution is -2.27. The lowest BCUT2D eigenvalue weighted by Gasteiger charge is -2.12. The number of fused-ring (bicyclic) bond motifs is 1. The van der Waals surface area contributed by atoms with Crippen LogP contribution in [0.5, 0.6) is 11.5 Å². The lowest BCUT2D eigenvalue weighted by molar-refractivity contribution is -0.118. The van der Waals surface area contributed by atoms with Crippen LogP contribution in [0.25, 0.3) is 21.3 Å². The highest BCUT2D eigenvalue weighted by Gasteiger charge is 2.14.